The molecule has 16 heavy (non-hydrogen) atoms. The van der Waals surface area contributed by atoms with Crippen molar-refractivity contribution >= 4 is 0 Å². The summed E-state index contributed by atoms with van der Waals surface area (Å²) >= 11 is 0. The van der Waals surface area contributed by atoms with Gasteiger partial charge < -0.3 is 11.1 Å². The SMILES string of the molecule is NCC1(NCCC2CCC2)CC2CCC1C2. The Morgan fingerprint density at radius 2 is 2.06 bits per heavy atom. The summed E-state index contributed by atoms with van der Waals surface area (Å²) in [6, 6.07) is 0. The van der Waals surface area contributed by atoms with Gasteiger partial charge in [0.25, 0.3) is 0 Å². The lowest BCUT2D eigenvalue weighted by molar-refractivity contribution is 0.201. The van der Waals surface area contributed by atoms with Crippen LogP contribution in [0.15, 0.2) is 0 Å². The van der Waals surface area contributed by atoms with Gasteiger partial charge in [0.1, 0.15) is 0 Å². The normalized spacial score (nSPS) is 42.6. The third kappa shape index (κ3) is 1.80. The third-order valence-corrected chi connectivity index (χ3v) is 5.59. The van der Waals surface area contributed by atoms with Gasteiger partial charge in [0.05, 0.1) is 0 Å². The topological polar surface area (TPSA) is 38.0 Å². The number of hydrogen-bond acceptors (Lipinski definition) is 2. The van der Waals surface area contributed by atoms with E-state index in [1.165, 1.54) is 57.9 Å². The van der Waals surface area contributed by atoms with Crippen molar-refractivity contribution < 1.29 is 0 Å². The number of nitrogens with two attached hydrogens (primary N) is 1. The van der Waals surface area contributed by atoms with Crippen molar-refractivity contribution in [3.8, 4) is 0 Å². The monoisotopic (exact) mass is 222 g/mol. The molecule has 3 aliphatic carbocycles. The fourth-order valence-corrected chi connectivity index (χ4v) is 4.29. The summed E-state index contributed by atoms with van der Waals surface area (Å²) in [6.45, 7) is 2.07. The van der Waals surface area contributed by atoms with Crippen molar-refractivity contribution in [3.05, 3.63) is 0 Å². The first-order chi connectivity index (χ1) is 7.82. The Kier molecular flexibility index (Phi) is 2.97. The lowest BCUT2D eigenvalue weighted by atomic mass is 9.79. The summed E-state index contributed by atoms with van der Waals surface area (Å²) in [7, 11) is 0. The Hall–Kier alpha value is -0.0800. The minimum Gasteiger partial charge on any atom is -0.329 e. The Morgan fingerprint density at radius 1 is 1.19 bits per heavy atom. The van der Waals surface area contributed by atoms with Gasteiger partial charge in [-0.1, -0.05) is 25.7 Å². The summed E-state index contributed by atoms with van der Waals surface area (Å²) in [5, 5.41) is 3.85. The maximum atomic E-state index is 6.06. The molecule has 0 saturated heterocycles. The van der Waals surface area contributed by atoms with E-state index in [0.29, 0.717) is 5.54 Å². The van der Waals surface area contributed by atoms with E-state index in [0.717, 1.165) is 24.3 Å². The molecule has 92 valence electrons. The fourth-order valence-electron chi connectivity index (χ4n) is 4.29. The van der Waals surface area contributed by atoms with Crippen LogP contribution in [0.1, 0.15) is 51.4 Å². The van der Waals surface area contributed by atoms with Crippen molar-refractivity contribution in [3.63, 3.8) is 0 Å². The molecule has 3 saturated carbocycles. The van der Waals surface area contributed by atoms with Crippen LogP contribution in [-0.4, -0.2) is 18.6 Å². The smallest absolute Gasteiger partial charge is 0.0335 e. The zero-order valence-electron chi connectivity index (χ0n) is 10.4. The quantitative estimate of drug-likeness (QED) is 0.749. The minimum atomic E-state index is 0.340. The summed E-state index contributed by atoms with van der Waals surface area (Å²) < 4.78 is 0. The van der Waals surface area contributed by atoms with E-state index in [9.17, 15) is 0 Å². The number of fused-ring (bicyclic) bond motifs is 2. The second-order valence-electron chi connectivity index (χ2n) is 6.45. The zero-order chi connectivity index (χ0) is 11.0. The maximum Gasteiger partial charge on any atom is 0.0335 e. The molecule has 3 unspecified atom stereocenters. The fraction of sp³-hybridized carbons (Fsp3) is 1.00. The van der Waals surface area contributed by atoms with Crippen LogP contribution in [0.4, 0.5) is 0 Å². The van der Waals surface area contributed by atoms with Crippen LogP contribution in [0, 0.1) is 17.8 Å². The molecular weight excluding hydrogens is 196 g/mol. The van der Waals surface area contributed by atoms with Gasteiger partial charge in [-0.05, 0) is 50.0 Å². The third-order valence-electron chi connectivity index (χ3n) is 5.59. The van der Waals surface area contributed by atoms with E-state index in [-0.39, 0.29) is 0 Å². The Labute approximate surface area is 99.4 Å². The van der Waals surface area contributed by atoms with Crippen LogP contribution in [0.2, 0.25) is 0 Å². The van der Waals surface area contributed by atoms with Crippen LogP contribution in [0.25, 0.3) is 0 Å². The predicted octanol–water partition coefficient (Wildman–Crippen LogP) is 2.28. The highest BCUT2D eigenvalue weighted by atomic mass is 15.0. The Morgan fingerprint density at radius 3 is 2.56 bits per heavy atom. The first-order valence-corrected chi connectivity index (χ1v) is 7.27. The summed E-state index contributed by atoms with van der Waals surface area (Å²) in [4.78, 5) is 0. The molecular formula is C14H26N2. The largest absolute Gasteiger partial charge is 0.329 e. The van der Waals surface area contributed by atoms with Gasteiger partial charge in [-0.25, -0.2) is 0 Å². The van der Waals surface area contributed by atoms with E-state index in [2.05, 4.69) is 5.32 Å². The molecule has 0 radical (unpaired) electrons. The van der Waals surface area contributed by atoms with Gasteiger partial charge in [-0.2, -0.15) is 0 Å². The summed E-state index contributed by atoms with van der Waals surface area (Å²) in [5.74, 6) is 2.91. The second kappa shape index (κ2) is 4.30. The van der Waals surface area contributed by atoms with Crippen molar-refractivity contribution in [1.82, 2.24) is 5.32 Å². The molecule has 3 fully saturated rings. The molecule has 3 aliphatic rings. The molecule has 0 spiro atoms. The second-order valence-corrected chi connectivity index (χ2v) is 6.45. The highest BCUT2D eigenvalue weighted by Crippen LogP contribution is 2.50. The van der Waals surface area contributed by atoms with Crippen LogP contribution < -0.4 is 11.1 Å². The molecule has 3 rings (SSSR count). The van der Waals surface area contributed by atoms with Crippen molar-refractivity contribution in [2.75, 3.05) is 13.1 Å². The first kappa shape index (κ1) is 11.0. The van der Waals surface area contributed by atoms with Crippen LogP contribution in [-0.2, 0) is 0 Å². The average molecular weight is 222 g/mol. The van der Waals surface area contributed by atoms with Gasteiger partial charge in [0, 0.05) is 12.1 Å². The zero-order valence-corrected chi connectivity index (χ0v) is 10.4. The molecule has 2 bridgehead atoms. The van der Waals surface area contributed by atoms with E-state index >= 15 is 0 Å². The molecule has 0 heterocycles. The average Bonchev–Trinajstić information content (AvgIpc) is 2.82. The molecule has 0 aromatic rings. The van der Waals surface area contributed by atoms with E-state index < -0.39 is 0 Å². The summed E-state index contributed by atoms with van der Waals surface area (Å²) in [6.07, 6.45) is 11.5. The number of rotatable bonds is 5. The molecule has 2 nitrogen and oxygen atoms in total. The van der Waals surface area contributed by atoms with Gasteiger partial charge in [0.2, 0.25) is 0 Å². The highest BCUT2D eigenvalue weighted by Gasteiger charge is 2.49. The molecule has 0 aliphatic heterocycles. The van der Waals surface area contributed by atoms with Crippen molar-refractivity contribution in [2.24, 2.45) is 23.5 Å². The van der Waals surface area contributed by atoms with Gasteiger partial charge in [-0.15, -0.1) is 0 Å². The van der Waals surface area contributed by atoms with Gasteiger partial charge in [-0.3, -0.25) is 0 Å². The van der Waals surface area contributed by atoms with E-state index in [1.807, 2.05) is 0 Å². The number of nitrogens with one attached hydrogen (secondary N) is 1. The number of hydrogen-bond donors (Lipinski definition) is 2. The van der Waals surface area contributed by atoms with E-state index in [4.69, 9.17) is 5.73 Å². The first-order valence-electron chi connectivity index (χ1n) is 7.27. The molecule has 2 heteroatoms. The highest BCUT2D eigenvalue weighted by molar-refractivity contribution is 5.07. The van der Waals surface area contributed by atoms with E-state index in [1.54, 1.807) is 0 Å². The lowest BCUT2D eigenvalue weighted by Gasteiger charge is -2.39. The van der Waals surface area contributed by atoms with Crippen LogP contribution in [0.5, 0.6) is 0 Å². The lowest BCUT2D eigenvalue weighted by Crippen LogP contribution is -2.55. The van der Waals surface area contributed by atoms with Gasteiger partial charge in [0.15, 0.2) is 0 Å². The molecule has 3 atom stereocenters. The maximum absolute atomic E-state index is 6.06. The summed E-state index contributed by atoms with van der Waals surface area (Å²) in [5.41, 5.74) is 6.40. The van der Waals surface area contributed by atoms with Crippen LogP contribution >= 0.6 is 0 Å². The molecule has 0 amide bonds. The Bertz CT molecular complexity index is 249. The Balaban J connectivity index is 1.50. The van der Waals surface area contributed by atoms with Crippen molar-refractivity contribution in [1.29, 1.82) is 0 Å². The standard InChI is InChI=1S/C14H26N2/c15-10-14(9-12-4-5-13(14)8-12)16-7-6-11-2-1-3-11/h11-13,16H,1-10,15H2. The molecule has 0 aromatic heterocycles. The van der Waals surface area contributed by atoms with Crippen LogP contribution in [0.3, 0.4) is 0 Å². The van der Waals surface area contributed by atoms with Crippen molar-refractivity contribution in [2.45, 2.75) is 56.9 Å². The van der Waals surface area contributed by atoms with Gasteiger partial charge >= 0.3 is 0 Å². The predicted molar refractivity (Wildman–Crippen MR) is 67.2 cm³/mol. The molecule has 0 aromatic carbocycles. The molecule has 3 N–H and O–H groups in total. The minimum absolute atomic E-state index is 0.340.